The Labute approximate surface area is 122 Å². The van der Waals surface area contributed by atoms with Crippen LogP contribution in [0.3, 0.4) is 0 Å². The number of carbonyl (C=O) groups is 1. The fourth-order valence-corrected chi connectivity index (χ4v) is 2.74. The van der Waals surface area contributed by atoms with Crippen LogP contribution in [0.25, 0.3) is 5.65 Å². The van der Waals surface area contributed by atoms with Gasteiger partial charge in [-0.05, 0) is 45.6 Å². The molecule has 0 atom stereocenters. The Hall–Kier alpha value is -1.62. The first kappa shape index (κ1) is 13.4. The molecule has 0 spiro atoms. The number of hydrogen-bond donors (Lipinski definition) is 1. The maximum absolute atomic E-state index is 12.4. The van der Waals surface area contributed by atoms with E-state index in [2.05, 4.69) is 15.3 Å². The van der Waals surface area contributed by atoms with Crippen LogP contribution in [0, 0.1) is 12.8 Å². The van der Waals surface area contributed by atoms with E-state index in [1.165, 1.54) is 12.8 Å². The molecule has 0 aliphatic heterocycles. The molecule has 5 nitrogen and oxygen atoms in total. The fraction of sp³-hybridized carbons (Fsp3) is 0.500. The topological polar surface area (TPSA) is 59.3 Å². The van der Waals surface area contributed by atoms with Crippen molar-refractivity contribution in [3.63, 3.8) is 0 Å². The van der Waals surface area contributed by atoms with Crippen molar-refractivity contribution in [1.29, 1.82) is 0 Å². The number of amides is 1. The van der Waals surface area contributed by atoms with Gasteiger partial charge >= 0.3 is 0 Å². The van der Waals surface area contributed by atoms with Gasteiger partial charge in [-0.15, -0.1) is 0 Å². The third-order valence-corrected chi connectivity index (χ3v) is 4.11. The van der Waals surface area contributed by atoms with Crippen LogP contribution in [0.1, 0.15) is 42.9 Å². The maximum atomic E-state index is 12.4. The molecular formula is C14H17ClN4O. The second-order valence-electron chi connectivity index (χ2n) is 5.96. The van der Waals surface area contributed by atoms with Crippen molar-refractivity contribution in [3.8, 4) is 0 Å². The quantitative estimate of drug-likeness (QED) is 0.885. The molecule has 0 bridgehead atoms. The average Bonchev–Trinajstić information content (AvgIpc) is 3.10. The Kier molecular flexibility index (Phi) is 2.97. The largest absolute Gasteiger partial charge is 0.345 e. The maximum Gasteiger partial charge on any atom is 0.274 e. The van der Waals surface area contributed by atoms with E-state index in [9.17, 15) is 4.79 Å². The Balaban J connectivity index is 1.95. The highest BCUT2D eigenvalue weighted by molar-refractivity contribution is 6.29. The molecule has 0 aromatic carbocycles. The van der Waals surface area contributed by atoms with E-state index in [0.29, 0.717) is 22.4 Å². The molecular weight excluding hydrogens is 276 g/mol. The molecule has 0 radical (unpaired) electrons. The zero-order chi connectivity index (χ0) is 14.5. The minimum absolute atomic E-state index is 0.196. The summed E-state index contributed by atoms with van der Waals surface area (Å²) in [5.41, 5.74) is 1.51. The smallest absolute Gasteiger partial charge is 0.274 e. The summed E-state index contributed by atoms with van der Waals surface area (Å²) in [5.74, 6) is 0.358. The van der Waals surface area contributed by atoms with Crippen molar-refractivity contribution in [2.24, 2.45) is 5.92 Å². The Morgan fingerprint density at radius 2 is 2.20 bits per heavy atom. The number of aromatic nitrogens is 3. The first-order valence-electron chi connectivity index (χ1n) is 6.71. The van der Waals surface area contributed by atoms with Crippen molar-refractivity contribution >= 4 is 23.2 Å². The molecule has 1 saturated carbocycles. The van der Waals surface area contributed by atoms with E-state index in [1.54, 1.807) is 16.8 Å². The van der Waals surface area contributed by atoms with Crippen molar-refractivity contribution in [2.45, 2.75) is 39.2 Å². The molecule has 1 N–H and O–H groups in total. The first-order chi connectivity index (χ1) is 9.38. The Morgan fingerprint density at radius 1 is 1.50 bits per heavy atom. The number of rotatable bonds is 3. The number of hydrogen-bond acceptors (Lipinski definition) is 3. The van der Waals surface area contributed by atoms with Crippen LogP contribution in [0.15, 0.2) is 12.4 Å². The molecule has 6 heteroatoms. The van der Waals surface area contributed by atoms with Gasteiger partial charge in [0.25, 0.3) is 5.91 Å². The SMILES string of the molecule is Cc1cc(Cl)nc2c(C(=O)NC(C)(C)C3CC3)ncn12. The van der Waals surface area contributed by atoms with Crippen molar-refractivity contribution in [2.75, 3.05) is 0 Å². The van der Waals surface area contributed by atoms with Gasteiger partial charge in [0.05, 0.1) is 0 Å². The van der Waals surface area contributed by atoms with Gasteiger partial charge in [0.2, 0.25) is 0 Å². The lowest BCUT2D eigenvalue weighted by Crippen LogP contribution is -2.45. The summed E-state index contributed by atoms with van der Waals surface area (Å²) < 4.78 is 1.77. The van der Waals surface area contributed by atoms with E-state index in [-0.39, 0.29) is 11.4 Å². The molecule has 0 unspecified atom stereocenters. The van der Waals surface area contributed by atoms with Crippen LogP contribution >= 0.6 is 11.6 Å². The predicted octanol–water partition coefficient (Wildman–Crippen LogP) is 2.61. The molecule has 2 aromatic rings. The van der Waals surface area contributed by atoms with Gasteiger partial charge in [-0.25, -0.2) is 9.97 Å². The highest BCUT2D eigenvalue weighted by atomic mass is 35.5. The van der Waals surface area contributed by atoms with Gasteiger partial charge in [0.15, 0.2) is 11.3 Å². The second kappa shape index (κ2) is 4.45. The van der Waals surface area contributed by atoms with E-state index in [4.69, 9.17) is 11.6 Å². The number of imidazole rings is 1. The summed E-state index contributed by atoms with van der Waals surface area (Å²) in [7, 11) is 0. The fourth-order valence-electron chi connectivity index (χ4n) is 2.50. The van der Waals surface area contributed by atoms with E-state index >= 15 is 0 Å². The summed E-state index contributed by atoms with van der Waals surface area (Å²) in [5, 5.41) is 3.42. The lowest BCUT2D eigenvalue weighted by atomic mass is 9.98. The zero-order valence-electron chi connectivity index (χ0n) is 11.8. The highest BCUT2D eigenvalue weighted by Crippen LogP contribution is 2.39. The van der Waals surface area contributed by atoms with Crippen molar-refractivity contribution in [1.82, 2.24) is 19.7 Å². The summed E-state index contributed by atoms with van der Waals surface area (Å²) >= 11 is 5.97. The molecule has 3 rings (SSSR count). The van der Waals surface area contributed by atoms with Crippen LogP contribution in [0.2, 0.25) is 5.15 Å². The molecule has 2 aromatic heterocycles. The van der Waals surface area contributed by atoms with Crippen LogP contribution < -0.4 is 5.32 Å². The number of carbonyl (C=O) groups excluding carboxylic acids is 1. The van der Waals surface area contributed by atoms with Gasteiger partial charge in [0, 0.05) is 11.2 Å². The third kappa shape index (κ3) is 2.26. The monoisotopic (exact) mass is 292 g/mol. The second-order valence-corrected chi connectivity index (χ2v) is 6.34. The number of halogens is 1. The van der Waals surface area contributed by atoms with Gasteiger partial charge in [-0.1, -0.05) is 11.6 Å². The molecule has 1 aliphatic carbocycles. The van der Waals surface area contributed by atoms with Crippen LogP contribution in [-0.2, 0) is 0 Å². The average molecular weight is 293 g/mol. The van der Waals surface area contributed by atoms with Crippen LogP contribution in [-0.4, -0.2) is 25.8 Å². The lowest BCUT2D eigenvalue weighted by molar-refractivity contribution is 0.0900. The first-order valence-corrected chi connectivity index (χ1v) is 7.09. The molecule has 106 valence electrons. The Morgan fingerprint density at radius 3 is 2.85 bits per heavy atom. The molecule has 0 saturated heterocycles. The number of fused-ring (bicyclic) bond motifs is 1. The summed E-state index contributed by atoms with van der Waals surface area (Å²) in [6, 6.07) is 1.74. The number of nitrogens with zero attached hydrogens (tertiary/aromatic N) is 3. The lowest BCUT2D eigenvalue weighted by Gasteiger charge is -2.25. The Bertz CT molecular complexity index is 688. The van der Waals surface area contributed by atoms with Crippen LogP contribution in [0.4, 0.5) is 0 Å². The third-order valence-electron chi connectivity index (χ3n) is 3.91. The normalized spacial score (nSPS) is 15.6. The van der Waals surface area contributed by atoms with Gasteiger partial charge < -0.3 is 5.32 Å². The number of nitrogens with one attached hydrogen (secondary N) is 1. The van der Waals surface area contributed by atoms with Gasteiger partial charge in [0.1, 0.15) is 11.5 Å². The van der Waals surface area contributed by atoms with Gasteiger partial charge in [-0.3, -0.25) is 9.20 Å². The van der Waals surface area contributed by atoms with Crippen molar-refractivity contribution < 1.29 is 4.79 Å². The van der Waals surface area contributed by atoms with E-state index in [0.717, 1.165) is 5.69 Å². The zero-order valence-corrected chi connectivity index (χ0v) is 12.5. The summed E-state index contributed by atoms with van der Waals surface area (Å²) in [6.45, 7) is 6.00. The summed E-state index contributed by atoms with van der Waals surface area (Å²) in [4.78, 5) is 20.8. The molecule has 1 amide bonds. The standard InChI is InChI=1S/C14H17ClN4O/c1-8-6-10(15)17-12-11(16-7-19(8)12)13(20)18-14(2,3)9-4-5-9/h6-7,9H,4-5H2,1-3H3,(H,18,20). The molecule has 1 aliphatic rings. The summed E-state index contributed by atoms with van der Waals surface area (Å²) in [6.07, 6.45) is 3.94. The predicted molar refractivity (Wildman–Crippen MR) is 77.0 cm³/mol. The molecule has 1 fully saturated rings. The van der Waals surface area contributed by atoms with Crippen LogP contribution in [0.5, 0.6) is 0 Å². The molecule has 20 heavy (non-hydrogen) atoms. The minimum atomic E-state index is -0.208. The minimum Gasteiger partial charge on any atom is -0.345 e. The van der Waals surface area contributed by atoms with Crippen molar-refractivity contribution in [3.05, 3.63) is 28.9 Å². The highest BCUT2D eigenvalue weighted by Gasteiger charge is 2.39. The van der Waals surface area contributed by atoms with E-state index in [1.807, 2.05) is 20.8 Å². The number of aryl methyl sites for hydroxylation is 1. The van der Waals surface area contributed by atoms with E-state index < -0.39 is 0 Å². The van der Waals surface area contributed by atoms with Gasteiger partial charge in [-0.2, -0.15) is 0 Å². The molecule has 2 heterocycles.